The zero-order chi connectivity index (χ0) is 10.6. The molecule has 4 heteroatoms. The predicted octanol–water partition coefficient (Wildman–Crippen LogP) is 2.95. The number of phenols is 1. The van der Waals surface area contributed by atoms with Gasteiger partial charge >= 0.3 is 0 Å². The van der Waals surface area contributed by atoms with Crippen molar-refractivity contribution in [3.8, 4) is 11.5 Å². The van der Waals surface area contributed by atoms with E-state index in [4.69, 9.17) is 4.74 Å². The number of aromatic hydroxyl groups is 1. The van der Waals surface area contributed by atoms with Gasteiger partial charge in [0.1, 0.15) is 0 Å². The SMILES string of the molecule is COc1cc(C=CCS)cc(I)c1O. The van der Waals surface area contributed by atoms with Crippen molar-refractivity contribution < 1.29 is 9.84 Å². The summed E-state index contributed by atoms with van der Waals surface area (Å²) >= 11 is 6.14. The van der Waals surface area contributed by atoms with Crippen LogP contribution in [0.4, 0.5) is 0 Å². The molecular formula is C10H11IO2S. The van der Waals surface area contributed by atoms with Gasteiger partial charge in [-0.1, -0.05) is 12.2 Å². The molecule has 0 bridgehead atoms. The Bertz CT molecular complexity index is 350. The van der Waals surface area contributed by atoms with Gasteiger partial charge in [0.05, 0.1) is 10.7 Å². The third-order valence-electron chi connectivity index (χ3n) is 1.69. The van der Waals surface area contributed by atoms with Crippen LogP contribution in [0.25, 0.3) is 6.08 Å². The maximum Gasteiger partial charge on any atom is 0.171 e. The average Bonchev–Trinajstić information content (AvgIpc) is 2.19. The van der Waals surface area contributed by atoms with Crippen molar-refractivity contribution >= 4 is 41.3 Å². The van der Waals surface area contributed by atoms with E-state index in [9.17, 15) is 5.11 Å². The molecule has 0 unspecified atom stereocenters. The van der Waals surface area contributed by atoms with Crippen LogP contribution in [0.1, 0.15) is 5.56 Å². The minimum absolute atomic E-state index is 0.191. The van der Waals surface area contributed by atoms with Crippen molar-refractivity contribution in [1.29, 1.82) is 0 Å². The van der Waals surface area contributed by atoms with Gasteiger partial charge in [0.2, 0.25) is 0 Å². The molecule has 0 saturated heterocycles. The van der Waals surface area contributed by atoms with Crippen LogP contribution in [0.3, 0.4) is 0 Å². The molecular weight excluding hydrogens is 311 g/mol. The molecule has 0 aliphatic heterocycles. The zero-order valence-corrected chi connectivity index (χ0v) is 10.7. The lowest BCUT2D eigenvalue weighted by atomic mass is 10.2. The van der Waals surface area contributed by atoms with E-state index in [1.54, 1.807) is 6.07 Å². The van der Waals surface area contributed by atoms with Crippen molar-refractivity contribution in [3.05, 3.63) is 27.3 Å². The Hall–Kier alpha value is -0.360. The largest absolute Gasteiger partial charge is 0.504 e. The van der Waals surface area contributed by atoms with Crippen LogP contribution in [0.2, 0.25) is 0 Å². The molecule has 0 spiro atoms. The molecule has 0 aliphatic rings. The highest BCUT2D eigenvalue weighted by Crippen LogP contribution is 2.32. The van der Waals surface area contributed by atoms with E-state index in [1.807, 2.05) is 18.2 Å². The number of rotatable bonds is 3. The molecule has 76 valence electrons. The smallest absolute Gasteiger partial charge is 0.171 e. The van der Waals surface area contributed by atoms with E-state index in [0.29, 0.717) is 11.5 Å². The van der Waals surface area contributed by atoms with Crippen LogP contribution in [-0.4, -0.2) is 18.0 Å². The highest BCUT2D eigenvalue weighted by atomic mass is 127. The molecule has 1 N–H and O–H groups in total. The van der Waals surface area contributed by atoms with E-state index in [1.165, 1.54) is 7.11 Å². The van der Waals surface area contributed by atoms with Crippen molar-refractivity contribution in [2.24, 2.45) is 0 Å². The number of thiol groups is 1. The fourth-order valence-corrected chi connectivity index (χ4v) is 1.77. The van der Waals surface area contributed by atoms with Crippen LogP contribution in [-0.2, 0) is 0 Å². The maximum atomic E-state index is 9.58. The van der Waals surface area contributed by atoms with Crippen molar-refractivity contribution in [3.63, 3.8) is 0 Å². The van der Waals surface area contributed by atoms with Gasteiger partial charge in [-0.05, 0) is 40.3 Å². The van der Waals surface area contributed by atoms with E-state index < -0.39 is 0 Å². The normalized spacial score (nSPS) is 10.8. The Morgan fingerprint density at radius 2 is 2.29 bits per heavy atom. The molecule has 0 heterocycles. The van der Waals surface area contributed by atoms with Gasteiger partial charge in [-0.25, -0.2) is 0 Å². The summed E-state index contributed by atoms with van der Waals surface area (Å²) in [6, 6.07) is 3.68. The lowest BCUT2D eigenvalue weighted by molar-refractivity contribution is 0.371. The molecule has 1 rings (SSSR count). The second kappa shape index (κ2) is 5.50. The summed E-state index contributed by atoms with van der Waals surface area (Å²) in [5, 5.41) is 9.58. The highest BCUT2D eigenvalue weighted by molar-refractivity contribution is 14.1. The molecule has 1 aromatic rings. The third-order valence-corrected chi connectivity index (χ3v) is 2.72. The van der Waals surface area contributed by atoms with Crippen molar-refractivity contribution in [1.82, 2.24) is 0 Å². The van der Waals surface area contributed by atoms with Gasteiger partial charge < -0.3 is 9.84 Å². The average molecular weight is 322 g/mol. The fourth-order valence-electron chi connectivity index (χ4n) is 1.03. The Morgan fingerprint density at radius 1 is 1.57 bits per heavy atom. The number of methoxy groups -OCH3 is 1. The van der Waals surface area contributed by atoms with Gasteiger partial charge in [0.25, 0.3) is 0 Å². The van der Waals surface area contributed by atoms with Gasteiger partial charge in [0, 0.05) is 5.75 Å². The van der Waals surface area contributed by atoms with Gasteiger partial charge in [-0.2, -0.15) is 12.6 Å². The Balaban J connectivity index is 3.09. The quantitative estimate of drug-likeness (QED) is 0.662. The monoisotopic (exact) mass is 322 g/mol. The lowest BCUT2D eigenvalue weighted by Crippen LogP contribution is -1.87. The summed E-state index contributed by atoms with van der Waals surface area (Å²) in [4.78, 5) is 0. The first-order valence-electron chi connectivity index (χ1n) is 4.03. The second-order valence-electron chi connectivity index (χ2n) is 2.64. The number of benzene rings is 1. The summed E-state index contributed by atoms with van der Waals surface area (Å²) in [6.07, 6.45) is 3.88. The maximum absolute atomic E-state index is 9.58. The molecule has 0 atom stereocenters. The van der Waals surface area contributed by atoms with Crippen molar-refractivity contribution in [2.75, 3.05) is 12.9 Å². The molecule has 0 aliphatic carbocycles. The van der Waals surface area contributed by atoms with Crippen LogP contribution in [0.15, 0.2) is 18.2 Å². The van der Waals surface area contributed by atoms with Gasteiger partial charge in [-0.15, -0.1) is 0 Å². The number of hydrogen-bond donors (Lipinski definition) is 2. The summed E-state index contributed by atoms with van der Waals surface area (Å²) < 4.78 is 5.82. The fraction of sp³-hybridized carbons (Fsp3) is 0.200. The minimum atomic E-state index is 0.191. The van der Waals surface area contributed by atoms with E-state index in [0.717, 1.165) is 9.13 Å². The van der Waals surface area contributed by atoms with Gasteiger partial charge in [0.15, 0.2) is 11.5 Å². The number of hydrogen-bond acceptors (Lipinski definition) is 3. The standard InChI is InChI=1S/C10H11IO2S/c1-13-9-6-7(3-2-4-14)5-8(11)10(9)12/h2-3,5-6,12,14H,4H2,1H3. The number of phenolic OH excluding ortho intramolecular Hbond substituents is 1. The first-order chi connectivity index (χ1) is 6.69. The Labute approximate surface area is 103 Å². The zero-order valence-electron chi connectivity index (χ0n) is 7.70. The molecule has 0 aromatic heterocycles. The summed E-state index contributed by atoms with van der Waals surface area (Å²) in [7, 11) is 1.54. The number of halogens is 1. The highest BCUT2D eigenvalue weighted by Gasteiger charge is 2.06. The lowest BCUT2D eigenvalue weighted by Gasteiger charge is -2.06. The topological polar surface area (TPSA) is 29.5 Å². The number of ether oxygens (including phenoxy) is 1. The minimum Gasteiger partial charge on any atom is -0.504 e. The first kappa shape index (κ1) is 11.7. The van der Waals surface area contributed by atoms with E-state index in [2.05, 4.69) is 35.2 Å². The van der Waals surface area contributed by atoms with Crippen LogP contribution >= 0.6 is 35.2 Å². The summed E-state index contributed by atoms with van der Waals surface area (Å²) in [5.41, 5.74) is 0.998. The summed E-state index contributed by atoms with van der Waals surface area (Å²) in [5.74, 6) is 1.38. The van der Waals surface area contributed by atoms with Gasteiger partial charge in [-0.3, -0.25) is 0 Å². The first-order valence-corrected chi connectivity index (χ1v) is 5.74. The molecule has 14 heavy (non-hydrogen) atoms. The van der Waals surface area contributed by atoms with E-state index >= 15 is 0 Å². The molecule has 0 radical (unpaired) electrons. The third kappa shape index (κ3) is 2.81. The Morgan fingerprint density at radius 3 is 2.86 bits per heavy atom. The molecule has 1 aromatic carbocycles. The van der Waals surface area contributed by atoms with E-state index in [-0.39, 0.29) is 5.75 Å². The van der Waals surface area contributed by atoms with Crippen molar-refractivity contribution in [2.45, 2.75) is 0 Å². The molecule has 0 saturated carbocycles. The molecule has 0 fully saturated rings. The predicted molar refractivity (Wildman–Crippen MR) is 70.3 cm³/mol. The molecule has 2 nitrogen and oxygen atoms in total. The summed E-state index contributed by atoms with van der Waals surface area (Å²) in [6.45, 7) is 0. The second-order valence-corrected chi connectivity index (χ2v) is 4.17. The van der Waals surface area contributed by atoms with Crippen LogP contribution in [0.5, 0.6) is 11.5 Å². The molecule has 0 amide bonds. The Kier molecular flexibility index (Phi) is 4.60. The van der Waals surface area contributed by atoms with Crippen LogP contribution in [0, 0.1) is 3.57 Å². The van der Waals surface area contributed by atoms with Crippen LogP contribution < -0.4 is 4.74 Å².